The molecule has 0 aliphatic heterocycles. The minimum Gasteiger partial charge on any atom is -0.444 e. The standard InChI is InChI=1S/C16H33NO3S/c1-13(2)10-16(12-18,8-7-9-21-6)11-17-14(19)20-15(3,4)5/h13,18H,7-12H2,1-6H3,(H,17,19). The highest BCUT2D eigenvalue weighted by molar-refractivity contribution is 7.98. The molecule has 2 N–H and O–H groups in total. The van der Waals surface area contributed by atoms with E-state index in [4.69, 9.17) is 4.74 Å². The number of amides is 1. The Balaban J connectivity index is 4.60. The molecule has 4 nitrogen and oxygen atoms in total. The van der Waals surface area contributed by atoms with Crippen LogP contribution in [-0.2, 0) is 4.74 Å². The van der Waals surface area contributed by atoms with E-state index in [0.717, 1.165) is 25.0 Å². The van der Waals surface area contributed by atoms with Gasteiger partial charge in [-0.15, -0.1) is 0 Å². The van der Waals surface area contributed by atoms with Crippen LogP contribution in [0.1, 0.15) is 53.9 Å². The van der Waals surface area contributed by atoms with Crippen LogP contribution in [-0.4, -0.2) is 42.0 Å². The van der Waals surface area contributed by atoms with Crippen molar-refractivity contribution in [3.8, 4) is 0 Å². The van der Waals surface area contributed by atoms with E-state index in [9.17, 15) is 9.90 Å². The summed E-state index contributed by atoms with van der Waals surface area (Å²) >= 11 is 1.81. The molecule has 0 aliphatic rings. The fraction of sp³-hybridized carbons (Fsp3) is 0.938. The maximum Gasteiger partial charge on any atom is 0.407 e. The number of hydrogen-bond acceptors (Lipinski definition) is 4. The van der Waals surface area contributed by atoms with Gasteiger partial charge in [0, 0.05) is 12.0 Å². The number of aliphatic hydroxyl groups is 1. The Kier molecular flexibility index (Phi) is 9.38. The molecule has 5 heteroatoms. The quantitative estimate of drug-likeness (QED) is 0.637. The third-order valence-electron chi connectivity index (χ3n) is 3.24. The summed E-state index contributed by atoms with van der Waals surface area (Å²) in [7, 11) is 0. The molecule has 0 heterocycles. The van der Waals surface area contributed by atoms with Crippen molar-refractivity contribution in [3.05, 3.63) is 0 Å². The van der Waals surface area contributed by atoms with Crippen molar-refractivity contribution in [3.63, 3.8) is 0 Å². The highest BCUT2D eigenvalue weighted by Crippen LogP contribution is 2.31. The normalized spacial score (nSPS) is 14.9. The largest absolute Gasteiger partial charge is 0.444 e. The molecule has 0 saturated heterocycles. The van der Waals surface area contributed by atoms with Crippen LogP contribution in [0.15, 0.2) is 0 Å². The number of thioether (sulfide) groups is 1. The van der Waals surface area contributed by atoms with E-state index in [1.807, 2.05) is 32.5 Å². The summed E-state index contributed by atoms with van der Waals surface area (Å²) in [5.74, 6) is 1.55. The van der Waals surface area contributed by atoms with Crippen LogP contribution in [0.2, 0.25) is 0 Å². The molecule has 1 amide bonds. The molecule has 0 bridgehead atoms. The van der Waals surface area contributed by atoms with Gasteiger partial charge >= 0.3 is 6.09 Å². The van der Waals surface area contributed by atoms with Crippen LogP contribution in [0.25, 0.3) is 0 Å². The van der Waals surface area contributed by atoms with Crippen LogP contribution < -0.4 is 5.32 Å². The van der Waals surface area contributed by atoms with Gasteiger partial charge in [0.2, 0.25) is 0 Å². The fourth-order valence-corrected chi connectivity index (χ4v) is 2.93. The summed E-state index contributed by atoms with van der Waals surface area (Å²) in [5.41, 5.74) is -0.746. The monoisotopic (exact) mass is 319 g/mol. The minimum atomic E-state index is -0.497. The van der Waals surface area contributed by atoms with Crippen molar-refractivity contribution >= 4 is 17.9 Å². The van der Waals surface area contributed by atoms with Gasteiger partial charge in [-0.05, 0) is 58.0 Å². The Morgan fingerprint density at radius 2 is 1.95 bits per heavy atom. The van der Waals surface area contributed by atoms with Crippen LogP contribution in [0.5, 0.6) is 0 Å². The molecule has 0 aliphatic carbocycles. The first kappa shape index (κ1) is 20.6. The van der Waals surface area contributed by atoms with Gasteiger partial charge in [0.25, 0.3) is 0 Å². The van der Waals surface area contributed by atoms with Crippen LogP contribution >= 0.6 is 11.8 Å². The lowest BCUT2D eigenvalue weighted by atomic mass is 9.77. The van der Waals surface area contributed by atoms with E-state index < -0.39 is 11.7 Å². The first-order chi connectivity index (χ1) is 9.64. The molecule has 21 heavy (non-hydrogen) atoms. The number of alkyl carbamates (subject to hydrolysis) is 1. The zero-order chi connectivity index (χ0) is 16.5. The predicted octanol–water partition coefficient (Wildman–Crippen LogP) is 3.68. The van der Waals surface area contributed by atoms with Crippen molar-refractivity contribution < 1.29 is 14.6 Å². The van der Waals surface area contributed by atoms with E-state index in [-0.39, 0.29) is 12.0 Å². The lowest BCUT2D eigenvalue weighted by Gasteiger charge is -2.34. The van der Waals surface area contributed by atoms with Crippen LogP contribution in [0.4, 0.5) is 4.79 Å². The molecule has 0 spiro atoms. The molecule has 126 valence electrons. The minimum absolute atomic E-state index is 0.0926. The second kappa shape index (κ2) is 9.57. The Labute approximate surface area is 134 Å². The molecule has 0 radical (unpaired) electrons. The number of nitrogens with one attached hydrogen (secondary N) is 1. The summed E-state index contributed by atoms with van der Waals surface area (Å²) in [6.45, 7) is 10.4. The molecule has 0 fully saturated rings. The number of rotatable bonds is 9. The number of ether oxygens (including phenoxy) is 1. The van der Waals surface area contributed by atoms with Gasteiger partial charge in [-0.2, -0.15) is 11.8 Å². The summed E-state index contributed by atoms with van der Waals surface area (Å²) in [6.07, 6.45) is 4.53. The Morgan fingerprint density at radius 1 is 1.33 bits per heavy atom. The average Bonchev–Trinajstić information content (AvgIpc) is 2.33. The van der Waals surface area contributed by atoms with E-state index in [2.05, 4.69) is 25.4 Å². The average molecular weight is 320 g/mol. The molecule has 0 rings (SSSR count). The van der Waals surface area contributed by atoms with Crippen molar-refractivity contribution in [2.75, 3.05) is 25.2 Å². The number of carbonyl (C=O) groups is 1. The third-order valence-corrected chi connectivity index (χ3v) is 3.94. The maximum atomic E-state index is 11.8. The van der Waals surface area contributed by atoms with E-state index in [1.165, 1.54) is 0 Å². The molecule has 1 unspecified atom stereocenters. The second-order valence-corrected chi connectivity index (χ2v) is 8.19. The van der Waals surface area contributed by atoms with Gasteiger partial charge in [0.05, 0.1) is 6.61 Å². The fourth-order valence-electron chi connectivity index (χ4n) is 2.49. The molecule has 1 atom stereocenters. The Hall–Kier alpha value is -0.420. The maximum absolute atomic E-state index is 11.8. The number of carbonyl (C=O) groups excluding carboxylic acids is 1. The van der Waals surface area contributed by atoms with Crippen LogP contribution in [0.3, 0.4) is 0 Å². The summed E-state index contributed by atoms with van der Waals surface area (Å²) in [6, 6.07) is 0. The first-order valence-electron chi connectivity index (χ1n) is 7.71. The van der Waals surface area contributed by atoms with Gasteiger partial charge in [0.1, 0.15) is 5.60 Å². The topological polar surface area (TPSA) is 58.6 Å². The molecular weight excluding hydrogens is 286 g/mol. The van der Waals surface area contributed by atoms with Gasteiger partial charge in [0.15, 0.2) is 0 Å². The second-order valence-electron chi connectivity index (χ2n) is 7.21. The lowest BCUT2D eigenvalue weighted by Crippen LogP contribution is -2.43. The van der Waals surface area contributed by atoms with Crippen molar-refractivity contribution in [2.24, 2.45) is 11.3 Å². The van der Waals surface area contributed by atoms with Crippen molar-refractivity contribution in [2.45, 2.75) is 59.5 Å². The molecule has 0 saturated carbocycles. The Morgan fingerprint density at radius 3 is 2.38 bits per heavy atom. The molecule has 0 aromatic rings. The van der Waals surface area contributed by atoms with Crippen molar-refractivity contribution in [1.29, 1.82) is 0 Å². The SMILES string of the molecule is CSCCCC(CO)(CNC(=O)OC(C)(C)C)CC(C)C. The van der Waals surface area contributed by atoms with E-state index >= 15 is 0 Å². The van der Waals surface area contributed by atoms with Gasteiger partial charge in [-0.25, -0.2) is 4.79 Å². The highest BCUT2D eigenvalue weighted by Gasteiger charge is 2.31. The van der Waals surface area contributed by atoms with Gasteiger partial charge in [-0.3, -0.25) is 0 Å². The summed E-state index contributed by atoms with van der Waals surface area (Å²) in [4.78, 5) is 11.8. The smallest absolute Gasteiger partial charge is 0.407 e. The Bertz CT molecular complexity index is 302. The third kappa shape index (κ3) is 10.0. The lowest BCUT2D eigenvalue weighted by molar-refractivity contribution is 0.0425. The molecule has 0 aromatic carbocycles. The van der Waals surface area contributed by atoms with Gasteiger partial charge < -0.3 is 15.2 Å². The van der Waals surface area contributed by atoms with Gasteiger partial charge in [-0.1, -0.05) is 13.8 Å². The highest BCUT2D eigenvalue weighted by atomic mass is 32.2. The number of hydrogen-bond donors (Lipinski definition) is 2. The summed E-state index contributed by atoms with van der Waals surface area (Å²) in [5, 5.41) is 12.7. The first-order valence-corrected chi connectivity index (χ1v) is 9.10. The predicted molar refractivity (Wildman–Crippen MR) is 90.8 cm³/mol. The van der Waals surface area contributed by atoms with E-state index in [0.29, 0.717) is 12.5 Å². The van der Waals surface area contributed by atoms with Crippen molar-refractivity contribution in [1.82, 2.24) is 5.32 Å². The summed E-state index contributed by atoms with van der Waals surface area (Å²) < 4.78 is 5.27. The molecular formula is C16H33NO3S. The van der Waals surface area contributed by atoms with E-state index in [1.54, 1.807) is 0 Å². The van der Waals surface area contributed by atoms with Crippen LogP contribution in [0, 0.1) is 11.3 Å². The zero-order valence-corrected chi connectivity index (χ0v) is 15.3. The molecule has 0 aromatic heterocycles. The number of aliphatic hydroxyl groups excluding tert-OH is 1. The zero-order valence-electron chi connectivity index (χ0n) is 14.5.